The maximum atomic E-state index is 12.0. The van der Waals surface area contributed by atoms with Crippen LogP contribution in [0.2, 0.25) is 5.02 Å². The summed E-state index contributed by atoms with van der Waals surface area (Å²) in [6.07, 6.45) is 0. The highest BCUT2D eigenvalue weighted by atomic mass is 35.5. The maximum Gasteiger partial charge on any atom is 0.255 e. The Morgan fingerprint density at radius 3 is 2.74 bits per heavy atom. The molecule has 4 nitrogen and oxygen atoms in total. The SMILES string of the molecule is COc1cc(NC(=O)c2cccc(Cl)c2)ccc1N. The summed E-state index contributed by atoms with van der Waals surface area (Å²) in [6, 6.07) is 11.8. The Balaban J connectivity index is 2.19. The van der Waals surface area contributed by atoms with Crippen LogP contribution < -0.4 is 15.8 Å². The fraction of sp³-hybridized carbons (Fsp3) is 0.0714. The van der Waals surface area contributed by atoms with Crippen molar-refractivity contribution in [3.8, 4) is 5.75 Å². The van der Waals surface area contributed by atoms with E-state index in [-0.39, 0.29) is 5.91 Å². The van der Waals surface area contributed by atoms with E-state index in [4.69, 9.17) is 22.1 Å². The molecule has 5 heteroatoms. The normalized spacial score (nSPS) is 10.0. The highest BCUT2D eigenvalue weighted by molar-refractivity contribution is 6.31. The van der Waals surface area contributed by atoms with E-state index in [0.717, 1.165) is 0 Å². The van der Waals surface area contributed by atoms with Crippen molar-refractivity contribution in [3.05, 3.63) is 53.1 Å². The minimum Gasteiger partial charge on any atom is -0.495 e. The number of carbonyl (C=O) groups excluding carboxylic acids is 1. The number of anilines is 2. The van der Waals surface area contributed by atoms with Crippen LogP contribution >= 0.6 is 11.6 Å². The number of benzene rings is 2. The zero-order chi connectivity index (χ0) is 13.8. The number of hydrogen-bond acceptors (Lipinski definition) is 3. The first-order valence-corrected chi connectivity index (χ1v) is 5.98. The molecule has 0 fully saturated rings. The van der Waals surface area contributed by atoms with E-state index in [2.05, 4.69) is 5.32 Å². The van der Waals surface area contributed by atoms with Gasteiger partial charge in [0.15, 0.2) is 0 Å². The molecule has 2 aromatic carbocycles. The van der Waals surface area contributed by atoms with Crippen molar-refractivity contribution in [3.63, 3.8) is 0 Å². The van der Waals surface area contributed by atoms with Crippen LogP contribution in [0.3, 0.4) is 0 Å². The fourth-order valence-corrected chi connectivity index (χ4v) is 1.81. The smallest absolute Gasteiger partial charge is 0.255 e. The topological polar surface area (TPSA) is 64.3 Å². The standard InChI is InChI=1S/C14H13ClN2O2/c1-19-13-8-11(5-6-12(13)16)17-14(18)9-3-2-4-10(15)7-9/h2-8H,16H2,1H3,(H,17,18). The van der Waals surface area contributed by atoms with Crippen molar-refractivity contribution in [2.75, 3.05) is 18.2 Å². The van der Waals surface area contributed by atoms with Crippen LogP contribution in [0.4, 0.5) is 11.4 Å². The monoisotopic (exact) mass is 276 g/mol. The van der Waals surface area contributed by atoms with Gasteiger partial charge in [-0.15, -0.1) is 0 Å². The van der Waals surface area contributed by atoms with Gasteiger partial charge < -0.3 is 15.8 Å². The number of hydrogen-bond donors (Lipinski definition) is 2. The van der Waals surface area contributed by atoms with Gasteiger partial charge in [-0.1, -0.05) is 17.7 Å². The first-order chi connectivity index (χ1) is 9.10. The van der Waals surface area contributed by atoms with Gasteiger partial charge in [-0.05, 0) is 30.3 Å². The largest absolute Gasteiger partial charge is 0.495 e. The zero-order valence-electron chi connectivity index (χ0n) is 10.3. The Labute approximate surface area is 116 Å². The van der Waals surface area contributed by atoms with Crippen LogP contribution in [0.1, 0.15) is 10.4 Å². The highest BCUT2D eigenvalue weighted by Gasteiger charge is 2.08. The van der Waals surface area contributed by atoms with Crippen molar-refractivity contribution < 1.29 is 9.53 Å². The minimum absolute atomic E-state index is 0.241. The molecule has 0 spiro atoms. The predicted octanol–water partition coefficient (Wildman–Crippen LogP) is 3.18. The Morgan fingerprint density at radius 1 is 1.26 bits per heavy atom. The number of rotatable bonds is 3. The summed E-state index contributed by atoms with van der Waals surface area (Å²) >= 11 is 5.84. The Hall–Kier alpha value is -2.20. The average molecular weight is 277 g/mol. The van der Waals surface area contributed by atoms with Gasteiger partial charge in [-0.3, -0.25) is 4.79 Å². The third kappa shape index (κ3) is 3.17. The zero-order valence-corrected chi connectivity index (χ0v) is 11.1. The number of halogens is 1. The Bertz CT molecular complexity index is 614. The lowest BCUT2D eigenvalue weighted by Crippen LogP contribution is -2.11. The lowest BCUT2D eigenvalue weighted by Gasteiger charge is -2.09. The number of carbonyl (C=O) groups is 1. The molecule has 0 saturated carbocycles. The molecule has 0 unspecified atom stereocenters. The van der Waals surface area contributed by atoms with Gasteiger partial charge in [0.2, 0.25) is 0 Å². The van der Waals surface area contributed by atoms with Crippen LogP contribution in [0.15, 0.2) is 42.5 Å². The van der Waals surface area contributed by atoms with Gasteiger partial charge in [0.1, 0.15) is 5.75 Å². The van der Waals surface area contributed by atoms with Crippen LogP contribution in [0.5, 0.6) is 5.75 Å². The molecule has 2 rings (SSSR count). The summed E-state index contributed by atoms with van der Waals surface area (Å²) in [5, 5.41) is 3.27. The molecule has 0 aromatic heterocycles. The molecule has 2 aromatic rings. The van der Waals surface area contributed by atoms with Crippen LogP contribution in [-0.4, -0.2) is 13.0 Å². The summed E-state index contributed by atoms with van der Waals surface area (Å²) in [5.74, 6) is 0.276. The summed E-state index contributed by atoms with van der Waals surface area (Å²) in [4.78, 5) is 12.0. The Kier molecular flexibility index (Phi) is 3.92. The summed E-state index contributed by atoms with van der Waals surface area (Å²) < 4.78 is 5.09. The lowest BCUT2D eigenvalue weighted by molar-refractivity contribution is 0.102. The minimum atomic E-state index is -0.241. The molecule has 98 valence electrons. The van der Waals surface area contributed by atoms with Gasteiger partial charge in [-0.25, -0.2) is 0 Å². The molecule has 0 aliphatic heterocycles. The Morgan fingerprint density at radius 2 is 2.05 bits per heavy atom. The number of ether oxygens (including phenoxy) is 1. The molecule has 0 aliphatic rings. The number of amides is 1. The molecule has 0 atom stereocenters. The van der Waals surface area contributed by atoms with Gasteiger partial charge >= 0.3 is 0 Å². The molecule has 0 aliphatic carbocycles. The van der Waals surface area contributed by atoms with Gasteiger partial charge in [0.25, 0.3) is 5.91 Å². The second kappa shape index (κ2) is 5.63. The number of methoxy groups -OCH3 is 1. The van der Waals surface area contributed by atoms with E-state index in [1.807, 2.05) is 0 Å². The molecule has 0 radical (unpaired) electrons. The fourth-order valence-electron chi connectivity index (χ4n) is 1.62. The predicted molar refractivity (Wildman–Crippen MR) is 76.8 cm³/mol. The molecular weight excluding hydrogens is 264 g/mol. The second-order valence-corrected chi connectivity index (χ2v) is 4.36. The van der Waals surface area contributed by atoms with Crippen LogP contribution in [0, 0.1) is 0 Å². The van der Waals surface area contributed by atoms with E-state index in [9.17, 15) is 4.79 Å². The molecule has 1 amide bonds. The van der Waals surface area contributed by atoms with E-state index in [1.54, 1.807) is 42.5 Å². The third-order valence-corrected chi connectivity index (χ3v) is 2.81. The van der Waals surface area contributed by atoms with E-state index >= 15 is 0 Å². The first kappa shape index (κ1) is 13.2. The number of nitrogens with one attached hydrogen (secondary N) is 1. The van der Waals surface area contributed by atoms with Crippen molar-refractivity contribution in [1.29, 1.82) is 0 Å². The van der Waals surface area contributed by atoms with E-state index in [0.29, 0.717) is 27.7 Å². The first-order valence-electron chi connectivity index (χ1n) is 5.60. The van der Waals surface area contributed by atoms with Gasteiger partial charge in [-0.2, -0.15) is 0 Å². The lowest BCUT2D eigenvalue weighted by atomic mass is 10.2. The average Bonchev–Trinajstić information content (AvgIpc) is 2.41. The quantitative estimate of drug-likeness (QED) is 0.846. The number of nitrogens with two attached hydrogens (primary N) is 1. The molecule has 3 N–H and O–H groups in total. The van der Waals surface area contributed by atoms with Gasteiger partial charge in [0.05, 0.1) is 12.8 Å². The molecular formula is C14H13ClN2O2. The molecule has 0 saturated heterocycles. The van der Waals surface area contributed by atoms with Crippen molar-refractivity contribution in [2.45, 2.75) is 0 Å². The van der Waals surface area contributed by atoms with Gasteiger partial charge in [0, 0.05) is 22.3 Å². The van der Waals surface area contributed by atoms with Crippen LogP contribution in [0.25, 0.3) is 0 Å². The molecule has 19 heavy (non-hydrogen) atoms. The number of nitrogen functional groups attached to an aromatic ring is 1. The molecule has 0 heterocycles. The summed E-state index contributed by atoms with van der Waals surface area (Å²) in [5.41, 5.74) is 7.32. The van der Waals surface area contributed by atoms with Crippen LogP contribution in [-0.2, 0) is 0 Å². The van der Waals surface area contributed by atoms with Crippen molar-refractivity contribution in [1.82, 2.24) is 0 Å². The van der Waals surface area contributed by atoms with E-state index in [1.165, 1.54) is 7.11 Å². The molecule has 0 bridgehead atoms. The second-order valence-electron chi connectivity index (χ2n) is 3.92. The third-order valence-electron chi connectivity index (χ3n) is 2.58. The highest BCUT2D eigenvalue weighted by Crippen LogP contribution is 2.25. The maximum absolute atomic E-state index is 12.0. The van der Waals surface area contributed by atoms with Crippen molar-refractivity contribution >= 4 is 28.9 Å². The summed E-state index contributed by atoms with van der Waals surface area (Å²) in [6.45, 7) is 0. The van der Waals surface area contributed by atoms with E-state index < -0.39 is 0 Å². The van der Waals surface area contributed by atoms with Crippen molar-refractivity contribution in [2.24, 2.45) is 0 Å². The summed E-state index contributed by atoms with van der Waals surface area (Å²) in [7, 11) is 1.52.